The molecule has 0 saturated carbocycles. The summed E-state index contributed by atoms with van der Waals surface area (Å²) >= 11 is 0. The van der Waals surface area contributed by atoms with Gasteiger partial charge in [0.1, 0.15) is 6.61 Å². The highest BCUT2D eigenvalue weighted by molar-refractivity contribution is 5.79. The molecule has 1 N–H and O–H groups in total. The Bertz CT molecular complexity index is 753. The number of carbonyl (C=O) groups is 1. The van der Waals surface area contributed by atoms with Crippen LogP contribution in [0.3, 0.4) is 0 Å². The van der Waals surface area contributed by atoms with Crippen LogP contribution in [0.15, 0.2) is 48.5 Å². The summed E-state index contributed by atoms with van der Waals surface area (Å²) in [5.74, 6) is 0.0786. The number of aliphatic hydroxyl groups is 1. The predicted molar refractivity (Wildman–Crippen MR) is 98.1 cm³/mol. The summed E-state index contributed by atoms with van der Waals surface area (Å²) in [6.07, 6.45) is -0.799. The zero-order valence-electron chi connectivity index (χ0n) is 14.8. The van der Waals surface area contributed by atoms with Crippen molar-refractivity contribution >= 4 is 6.09 Å². The first-order valence-corrected chi connectivity index (χ1v) is 9.03. The quantitative estimate of drug-likeness (QED) is 0.898. The molecule has 5 nitrogen and oxygen atoms in total. The van der Waals surface area contributed by atoms with Crippen molar-refractivity contribution in [2.24, 2.45) is 0 Å². The van der Waals surface area contributed by atoms with Crippen molar-refractivity contribution in [3.8, 4) is 11.1 Å². The minimum Gasteiger partial charge on any atom is -0.448 e. The molecule has 136 valence electrons. The van der Waals surface area contributed by atoms with Crippen LogP contribution in [0.5, 0.6) is 0 Å². The Balaban J connectivity index is 1.36. The minimum atomic E-state index is -0.487. The van der Waals surface area contributed by atoms with Crippen LogP contribution in [0.25, 0.3) is 11.1 Å². The van der Waals surface area contributed by atoms with Crippen LogP contribution >= 0.6 is 0 Å². The number of aliphatic hydroxyl groups excluding tert-OH is 1. The Morgan fingerprint density at radius 3 is 2.27 bits per heavy atom. The number of ether oxygens (including phenoxy) is 2. The average Bonchev–Trinajstić information content (AvgIpc) is 2.92. The van der Waals surface area contributed by atoms with Crippen LogP contribution in [0, 0.1) is 0 Å². The second-order valence-corrected chi connectivity index (χ2v) is 7.01. The number of carbonyl (C=O) groups excluding carboxylic acids is 1. The van der Waals surface area contributed by atoms with E-state index < -0.39 is 6.10 Å². The molecular formula is C21H23NO4. The predicted octanol–water partition coefficient (Wildman–Crippen LogP) is 3.02. The minimum absolute atomic E-state index is 0.00918. The molecule has 0 radical (unpaired) electrons. The Morgan fingerprint density at radius 2 is 1.69 bits per heavy atom. The van der Waals surface area contributed by atoms with Crippen LogP contribution in [-0.2, 0) is 9.47 Å². The Morgan fingerprint density at radius 1 is 1.12 bits per heavy atom. The van der Waals surface area contributed by atoms with Crippen LogP contribution in [0.4, 0.5) is 4.79 Å². The van der Waals surface area contributed by atoms with E-state index in [1.54, 1.807) is 11.8 Å². The normalized spacial score (nSPS) is 17.4. The SMILES string of the molecule is CC(O)COC1CN(C(=O)OCC2c3ccccc3-c3ccccc32)C1. The highest BCUT2D eigenvalue weighted by Gasteiger charge is 2.34. The molecule has 0 spiro atoms. The molecule has 1 atom stereocenters. The van der Waals surface area contributed by atoms with Crippen molar-refractivity contribution in [3.63, 3.8) is 0 Å². The van der Waals surface area contributed by atoms with Gasteiger partial charge in [-0.1, -0.05) is 48.5 Å². The van der Waals surface area contributed by atoms with Gasteiger partial charge in [0.2, 0.25) is 0 Å². The van der Waals surface area contributed by atoms with Crippen molar-refractivity contribution in [2.45, 2.75) is 25.0 Å². The molecule has 1 aliphatic heterocycles. The molecule has 2 aromatic carbocycles. The summed E-state index contributed by atoms with van der Waals surface area (Å²) in [5.41, 5.74) is 4.87. The first-order chi connectivity index (χ1) is 12.6. The third kappa shape index (κ3) is 3.20. The molecule has 2 aliphatic rings. The maximum absolute atomic E-state index is 12.3. The maximum atomic E-state index is 12.3. The van der Waals surface area contributed by atoms with Gasteiger partial charge in [0.15, 0.2) is 0 Å². The Kier molecular flexibility index (Phi) is 4.66. The van der Waals surface area contributed by atoms with Crippen LogP contribution in [-0.4, -0.2) is 54.6 Å². The van der Waals surface area contributed by atoms with Crippen molar-refractivity contribution in [3.05, 3.63) is 59.7 Å². The lowest BCUT2D eigenvalue weighted by Crippen LogP contribution is -2.55. The first-order valence-electron chi connectivity index (χ1n) is 9.03. The second kappa shape index (κ2) is 7.09. The molecule has 1 amide bonds. The average molecular weight is 353 g/mol. The Hall–Kier alpha value is -2.37. The van der Waals surface area contributed by atoms with Gasteiger partial charge < -0.3 is 19.5 Å². The lowest BCUT2D eigenvalue weighted by atomic mass is 9.98. The summed E-state index contributed by atoms with van der Waals surface area (Å²) < 4.78 is 11.1. The van der Waals surface area contributed by atoms with Gasteiger partial charge in [-0.25, -0.2) is 4.79 Å². The lowest BCUT2D eigenvalue weighted by molar-refractivity contribution is -0.0720. The molecule has 1 saturated heterocycles. The summed E-state index contributed by atoms with van der Waals surface area (Å²) in [6.45, 7) is 3.35. The topological polar surface area (TPSA) is 59.0 Å². The van der Waals surface area contributed by atoms with Crippen molar-refractivity contribution in [2.75, 3.05) is 26.3 Å². The molecule has 26 heavy (non-hydrogen) atoms. The molecule has 4 rings (SSSR count). The van der Waals surface area contributed by atoms with Crippen LogP contribution < -0.4 is 0 Å². The zero-order chi connectivity index (χ0) is 18.1. The van der Waals surface area contributed by atoms with E-state index in [2.05, 4.69) is 24.3 Å². The molecule has 1 heterocycles. The van der Waals surface area contributed by atoms with E-state index in [4.69, 9.17) is 9.47 Å². The number of hydrogen-bond donors (Lipinski definition) is 1. The van der Waals surface area contributed by atoms with Crippen molar-refractivity contribution < 1.29 is 19.4 Å². The standard InChI is InChI=1S/C21H23NO4/c1-14(23)12-25-15-10-22(11-15)21(24)26-13-20-18-8-4-2-6-16(18)17-7-3-5-9-19(17)20/h2-9,14-15,20,23H,10-13H2,1H3. The third-order valence-electron chi connectivity index (χ3n) is 5.02. The smallest absolute Gasteiger partial charge is 0.409 e. The maximum Gasteiger partial charge on any atom is 0.409 e. The fourth-order valence-corrected chi connectivity index (χ4v) is 3.65. The number of fused-ring (bicyclic) bond motifs is 3. The van der Waals surface area contributed by atoms with E-state index in [1.165, 1.54) is 22.3 Å². The van der Waals surface area contributed by atoms with Crippen molar-refractivity contribution in [1.82, 2.24) is 4.90 Å². The highest BCUT2D eigenvalue weighted by atomic mass is 16.6. The van der Waals surface area contributed by atoms with Gasteiger partial charge in [-0.05, 0) is 29.2 Å². The van der Waals surface area contributed by atoms with Gasteiger partial charge in [-0.3, -0.25) is 0 Å². The van der Waals surface area contributed by atoms with E-state index in [1.807, 2.05) is 24.3 Å². The molecule has 0 bridgehead atoms. The van der Waals surface area contributed by atoms with Gasteiger partial charge in [-0.15, -0.1) is 0 Å². The van der Waals surface area contributed by atoms with Gasteiger partial charge >= 0.3 is 6.09 Å². The fourth-order valence-electron chi connectivity index (χ4n) is 3.65. The summed E-state index contributed by atoms with van der Waals surface area (Å²) in [5, 5.41) is 9.23. The molecular weight excluding hydrogens is 330 g/mol. The first kappa shape index (κ1) is 17.1. The largest absolute Gasteiger partial charge is 0.448 e. The van der Waals surface area contributed by atoms with Crippen molar-refractivity contribution in [1.29, 1.82) is 0 Å². The number of amides is 1. The third-order valence-corrected chi connectivity index (χ3v) is 5.02. The highest BCUT2D eigenvalue weighted by Crippen LogP contribution is 2.44. The van der Waals surface area contributed by atoms with Crippen LogP contribution in [0.2, 0.25) is 0 Å². The van der Waals surface area contributed by atoms with E-state index in [0.29, 0.717) is 26.3 Å². The molecule has 5 heteroatoms. The van der Waals surface area contributed by atoms with E-state index in [-0.39, 0.29) is 18.1 Å². The molecule has 1 unspecified atom stereocenters. The molecule has 2 aromatic rings. The van der Waals surface area contributed by atoms with E-state index >= 15 is 0 Å². The number of nitrogens with zero attached hydrogens (tertiary/aromatic N) is 1. The lowest BCUT2D eigenvalue weighted by Gasteiger charge is -2.38. The van der Waals surface area contributed by atoms with E-state index in [9.17, 15) is 9.90 Å². The zero-order valence-corrected chi connectivity index (χ0v) is 14.8. The van der Waals surface area contributed by atoms with Gasteiger partial charge in [0, 0.05) is 5.92 Å². The second-order valence-electron chi connectivity index (χ2n) is 7.01. The molecule has 0 aromatic heterocycles. The van der Waals surface area contributed by atoms with Gasteiger partial charge in [-0.2, -0.15) is 0 Å². The number of rotatable bonds is 5. The number of hydrogen-bond acceptors (Lipinski definition) is 4. The van der Waals surface area contributed by atoms with Crippen LogP contribution in [0.1, 0.15) is 24.0 Å². The molecule has 1 aliphatic carbocycles. The fraction of sp³-hybridized carbons (Fsp3) is 0.381. The van der Waals surface area contributed by atoms with Gasteiger partial charge in [0.25, 0.3) is 0 Å². The number of likely N-dealkylation sites (tertiary alicyclic amines) is 1. The molecule has 1 fully saturated rings. The summed E-state index contributed by atoms with van der Waals surface area (Å²) in [6, 6.07) is 16.6. The number of benzene rings is 2. The Labute approximate surface area is 153 Å². The summed E-state index contributed by atoms with van der Waals surface area (Å²) in [7, 11) is 0. The van der Waals surface area contributed by atoms with E-state index in [0.717, 1.165) is 0 Å². The monoisotopic (exact) mass is 353 g/mol. The summed E-state index contributed by atoms with van der Waals surface area (Å²) in [4.78, 5) is 13.9. The van der Waals surface area contributed by atoms with Gasteiger partial charge in [0.05, 0.1) is 31.9 Å².